The number of carbonyl (C=O) groups excluding carboxylic acids is 3. The smallest absolute Gasteiger partial charge is 0.415 e. The van der Waals surface area contributed by atoms with Crippen molar-refractivity contribution in [2.24, 2.45) is 0 Å². The van der Waals surface area contributed by atoms with E-state index in [0.717, 1.165) is 24.0 Å². The number of benzene rings is 3. The van der Waals surface area contributed by atoms with E-state index in [1.165, 1.54) is 0 Å². The topological polar surface area (TPSA) is 99.8 Å². The molecule has 0 bridgehead atoms. The predicted octanol–water partition coefficient (Wildman–Crippen LogP) is 5.64. The molecule has 1 aliphatic carbocycles. The van der Waals surface area contributed by atoms with E-state index in [1.54, 1.807) is 23.1 Å². The summed E-state index contributed by atoms with van der Waals surface area (Å²) in [5.74, 6) is -0.367. The molecule has 3 aromatic carbocycles. The molecule has 0 saturated heterocycles. The van der Waals surface area contributed by atoms with Gasteiger partial charge >= 0.3 is 12.1 Å². The highest BCUT2D eigenvalue weighted by Crippen LogP contribution is 2.31. The molecule has 4 amide bonds. The van der Waals surface area contributed by atoms with Crippen LogP contribution in [-0.2, 0) is 22.5 Å². The molecule has 1 aliphatic rings. The molecular weight excluding hydrogens is 492 g/mol. The van der Waals surface area contributed by atoms with Crippen LogP contribution in [0.2, 0.25) is 0 Å². The van der Waals surface area contributed by atoms with E-state index in [1.807, 2.05) is 87.5 Å². The maximum atomic E-state index is 13.4. The summed E-state index contributed by atoms with van der Waals surface area (Å²) < 4.78 is 5.57. The third-order valence-electron chi connectivity index (χ3n) is 6.22. The first-order chi connectivity index (χ1) is 18.7. The van der Waals surface area contributed by atoms with Gasteiger partial charge in [0.1, 0.15) is 12.1 Å². The van der Waals surface area contributed by atoms with Crippen molar-refractivity contribution in [2.75, 3.05) is 10.2 Å². The summed E-state index contributed by atoms with van der Waals surface area (Å²) in [5.41, 5.74) is 2.45. The van der Waals surface area contributed by atoms with E-state index in [-0.39, 0.29) is 12.0 Å². The third-order valence-corrected chi connectivity index (χ3v) is 6.22. The molecule has 0 aromatic heterocycles. The largest absolute Gasteiger partial charge is 0.446 e. The molecular formula is C31H36N4O4. The highest BCUT2D eigenvalue weighted by atomic mass is 16.6. The SMILES string of the molecule is CC(C)(C)N(C(=O)OC1CC1)c1cccc(NC(=O)C(Cc2ccccc2)NC(=O)NCc2ccccc2)c1. The highest BCUT2D eigenvalue weighted by Gasteiger charge is 2.34. The average molecular weight is 529 g/mol. The molecule has 0 aliphatic heterocycles. The van der Waals surface area contributed by atoms with E-state index in [9.17, 15) is 14.4 Å². The van der Waals surface area contributed by atoms with Crippen LogP contribution in [0.15, 0.2) is 84.9 Å². The van der Waals surface area contributed by atoms with Gasteiger partial charge in [-0.2, -0.15) is 0 Å². The maximum Gasteiger partial charge on any atom is 0.415 e. The predicted molar refractivity (Wildman–Crippen MR) is 153 cm³/mol. The van der Waals surface area contributed by atoms with Crippen molar-refractivity contribution < 1.29 is 19.1 Å². The fourth-order valence-electron chi connectivity index (χ4n) is 4.15. The van der Waals surface area contributed by atoms with Crippen LogP contribution in [0, 0.1) is 0 Å². The van der Waals surface area contributed by atoms with Crippen molar-refractivity contribution in [3.05, 3.63) is 96.1 Å². The van der Waals surface area contributed by atoms with E-state index in [2.05, 4.69) is 16.0 Å². The Balaban J connectivity index is 1.48. The second kappa shape index (κ2) is 12.5. The number of ether oxygens (including phenoxy) is 1. The first-order valence-electron chi connectivity index (χ1n) is 13.2. The Morgan fingerprint density at radius 2 is 1.54 bits per heavy atom. The van der Waals surface area contributed by atoms with Crippen molar-refractivity contribution in [1.82, 2.24) is 10.6 Å². The Labute approximate surface area is 229 Å². The van der Waals surface area contributed by atoms with Crippen LogP contribution in [-0.4, -0.2) is 35.7 Å². The van der Waals surface area contributed by atoms with Gasteiger partial charge in [0.05, 0.1) is 0 Å². The highest BCUT2D eigenvalue weighted by molar-refractivity contribution is 5.98. The summed E-state index contributed by atoms with van der Waals surface area (Å²) in [6, 6.07) is 24.9. The van der Waals surface area contributed by atoms with Crippen LogP contribution < -0.4 is 20.9 Å². The number of nitrogens with zero attached hydrogens (tertiary/aromatic N) is 1. The minimum Gasteiger partial charge on any atom is -0.446 e. The van der Waals surface area contributed by atoms with Crippen LogP contribution in [0.4, 0.5) is 21.0 Å². The number of anilines is 2. The third kappa shape index (κ3) is 8.33. The van der Waals surface area contributed by atoms with Gasteiger partial charge in [-0.3, -0.25) is 9.69 Å². The number of carbonyl (C=O) groups is 3. The zero-order valence-corrected chi connectivity index (χ0v) is 22.6. The second-order valence-corrected chi connectivity index (χ2v) is 10.7. The number of hydrogen-bond acceptors (Lipinski definition) is 4. The molecule has 8 nitrogen and oxygen atoms in total. The fourth-order valence-corrected chi connectivity index (χ4v) is 4.15. The molecule has 1 atom stereocenters. The number of urea groups is 1. The van der Waals surface area contributed by atoms with Gasteiger partial charge in [-0.1, -0.05) is 66.7 Å². The molecule has 0 radical (unpaired) electrons. The molecule has 1 fully saturated rings. The van der Waals surface area contributed by atoms with Crippen molar-refractivity contribution in [3.8, 4) is 0 Å². The zero-order chi connectivity index (χ0) is 27.8. The van der Waals surface area contributed by atoms with Crippen molar-refractivity contribution >= 4 is 29.4 Å². The van der Waals surface area contributed by atoms with Gasteiger partial charge in [-0.15, -0.1) is 0 Å². The molecule has 204 valence electrons. The Bertz CT molecular complexity index is 1270. The summed E-state index contributed by atoms with van der Waals surface area (Å²) in [4.78, 5) is 40.7. The summed E-state index contributed by atoms with van der Waals surface area (Å²) in [6.07, 6.45) is 1.64. The minimum atomic E-state index is -0.828. The fraction of sp³-hybridized carbons (Fsp3) is 0.323. The average Bonchev–Trinajstić information content (AvgIpc) is 3.72. The summed E-state index contributed by atoms with van der Waals surface area (Å²) in [6.45, 7) is 6.13. The number of amides is 4. The first kappa shape index (κ1) is 27.7. The molecule has 1 unspecified atom stereocenters. The molecule has 8 heteroatoms. The van der Waals surface area contributed by atoms with E-state index in [0.29, 0.717) is 24.3 Å². The van der Waals surface area contributed by atoms with Gasteiger partial charge in [-0.05, 0) is 62.9 Å². The molecule has 39 heavy (non-hydrogen) atoms. The van der Waals surface area contributed by atoms with Gasteiger partial charge in [0, 0.05) is 29.9 Å². The van der Waals surface area contributed by atoms with Crippen molar-refractivity contribution in [2.45, 2.75) is 64.3 Å². The zero-order valence-electron chi connectivity index (χ0n) is 22.6. The van der Waals surface area contributed by atoms with Gasteiger partial charge in [-0.25, -0.2) is 9.59 Å². The van der Waals surface area contributed by atoms with Gasteiger partial charge < -0.3 is 20.7 Å². The lowest BCUT2D eigenvalue weighted by atomic mass is 10.0. The van der Waals surface area contributed by atoms with Gasteiger partial charge in [0.2, 0.25) is 5.91 Å². The first-order valence-corrected chi connectivity index (χ1v) is 13.2. The van der Waals surface area contributed by atoms with Crippen LogP contribution in [0.5, 0.6) is 0 Å². The van der Waals surface area contributed by atoms with Crippen LogP contribution in [0.3, 0.4) is 0 Å². The normalized spacial score (nSPS) is 13.6. The van der Waals surface area contributed by atoms with Gasteiger partial charge in [0.25, 0.3) is 0 Å². The molecule has 1 saturated carbocycles. The standard InChI is InChI=1S/C31H36N4O4/c1-31(2,3)35(30(38)39-26-17-18-26)25-16-10-15-24(20-25)33-28(36)27(19-22-11-6-4-7-12-22)34-29(37)32-21-23-13-8-5-9-14-23/h4-16,20,26-27H,17-19,21H2,1-3H3,(H,33,36)(H2,32,34,37). The summed E-state index contributed by atoms with van der Waals surface area (Å²) in [7, 11) is 0. The monoisotopic (exact) mass is 528 g/mol. The quantitative estimate of drug-likeness (QED) is 0.335. The number of hydrogen-bond donors (Lipinski definition) is 3. The minimum absolute atomic E-state index is 0.0249. The summed E-state index contributed by atoms with van der Waals surface area (Å²) >= 11 is 0. The molecule has 3 N–H and O–H groups in total. The molecule has 0 heterocycles. The van der Waals surface area contributed by atoms with Crippen LogP contribution in [0.1, 0.15) is 44.7 Å². The Kier molecular flexibility index (Phi) is 8.86. The van der Waals surface area contributed by atoms with Crippen LogP contribution in [0.25, 0.3) is 0 Å². The second-order valence-electron chi connectivity index (χ2n) is 10.7. The molecule has 3 aromatic rings. The van der Waals surface area contributed by atoms with Crippen molar-refractivity contribution in [3.63, 3.8) is 0 Å². The lowest BCUT2D eigenvalue weighted by molar-refractivity contribution is -0.117. The molecule has 0 spiro atoms. The Morgan fingerprint density at radius 1 is 0.897 bits per heavy atom. The van der Waals surface area contributed by atoms with E-state index in [4.69, 9.17) is 4.74 Å². The van der Waals surface area contributed by atoms with Crippen LogP contribution >= 0.6 is 0 Å². The van der Waals surface area contributed by atoms with Crippen molar-refractivity contribution in [1.29, 1.82) is 0 Å². The number of rotatable bonds is 9. The van der Waals surface area contributed by atoms with E-state index < -0.39 is 23.7 Å². The number of nitrogens with one attached hydrogen (secondary N) is 3. The molecule has 4 rings (SSSR count). The summed E-state index contributed by atoms with van der Waals surface area (Å²) in [5, 5.41) is 8.56. The van der Waals surface area contributed by atoms with Gasteiger partial charge in [0.15, 0.2) is 0 Å². The lowest BCUT2D eigenvalue weighted by Crippen LogP contribution is -2.49. The van der Waals surface area contributed by atoms with E-state index >= 15 is 0 Å². The Hall–Kier alpha value is -4.33. The maximum absolute atomic E-state index is 13.4. The Morgan fingerprint density at radius 3 is 2.15 bits per heavy atom. The lowest BCUT2D eigenvalue weighted by Gasteiger charge is -2.35.